The first-order chi connectivity index (χ1) is 10.4. The van der Waals surface area contributed by atoms with Crippen molar-refractivity contribution in [3.05, 3.63) is 0 Å². The summed E-state index contributed by atoms with van der Waals surface area (Å²) < 4.78 is 25.6. The molecule has 0 bridgehead atoms. The minimum atomic E-state index is -3.08. The predicted octanol–water partition coefficient (Wildman–Crippen LogP) is 1.53. The third kappa shape index (κ3) is 10.3. The van der Waals surface area contributed by atoms with Crippen molar-refractivity contribution in [3.63, 3.8) is 0 Å². The van der Waals surface area contributed by atoms with Crippen molar-refractivity contribution in [2.45, 2.75) is 56.9 Å². The molecule has 0 aliphatic heterocycles. The molecule has 1 aliphatic carbocycles. The highest BCUT2D eigenvalue weighted by atomic mass is 35.5. The zero-order valence-electron chi connectivity index (χ0n) is 13.2. The number of carbonyl (C=O) groups is 2. The van der Waals surface area contributed by atoms with Gasteiger partial charge in [0.05, 0.1) is 13.1 Å². The van der Waals surface area contributed by atoms with Gasteiger partial charge in [0.25, 0.3) is 5.92 Å². The molecular weight excluding hydrogens is 330 g/mol. The Morgan fingerprint density at radius 1 is 1.13 bits per heavy atom. The maximum Gasteiger partial charge on any atom is 0.315 e. The van der Waals surface area contributed by atoms with Gasteiger partial charge in [0.15, 0.2) is 0 Å². The highest BCUT2D eigenvalue weighted by Crippen LogP contribution is 2.17. The molecule has 5 N–H and O–H groups in total. The van der Waals surface area contributed by atoms with Gasteiger partial charge in [-0.2, -0.15) is 0 Å². The van der Waals surface area contributed by atoms with Gasteiger partial charge < -0.3 is 21.7 Å². The van der Waals surface area contributed by atoms with E-state index in [-0.39, 0.29) is 30.9 Å². The van der Waals surface area contributed by atoms with Gasteiger partial charge in [0, 0.05) is 19.0 Å². The van der Waals surface area contributed by atoms with Crippen LogP contribution in [-0.4, -0.2) is 43.5 Å². The molecule has 136 valence electrons. The molecule has 0 radical (unpaired) electrons. The Morgan fingerprint density at radius 3 is 2.39 bits per heavy atom. The number of nitrogens with two attached hydrogens (primary N) is 1. The predicted molar refractivity (Wildman–Crippen MR) is 86.9 cm³/mol. The Labute approximate surface area is 141 Å². The Balaban J connectivity index is 0.00000484. The molecule has 0 spiro atoms. The highest BCUT2D eigenvalue weighted by molar-refractivity contribution is 5.85. The fourth-order valence-electron chi connectivity index (χ4n) is 2.32. The molecule has 0 atom stereocenters. The highest BCUT2D eigenvalue weighted by Gasteiger charge is 2.26. The summed E-state index contributed by atoms with van der Waals surface area (Å²) in [6.45, 7) is -1.21. The smallest absolute Gasteiger partial charge is 0.315 e. The molecule has 1 aliphatic rings. The Morgan fingerprint density at radius 2 is 1.78 bits per heavy atom. The van der Waals surface area contributed by atoms with E-state index in [9.17, 15) is 18.4 Å². The second-order valence-corrected chi connectivity index (χ2v) is 5.68. The molecule has 3 amide bonds. The zero-order valence-corrected chi connectivity index (χ0v) is 14.0. The molecule has 23 heavy (non-hydrogen) atoms. The third-order valence-electron chi connectivity index (χ3n) is 3.65. The molecule has 0 unspecified atom stereocenters. The average Bonchev–Trinajstić information content (AvgIpc) is 2.51. The Bertz CT molecular complexity index is 367. The minimum Gasteiger partial charge on any atom is -0.350 e. The zero-order chi connectivity index (χ0) is 16.4. The number of hydrogen-bond donors (Lipinski definition) is 4. The van der Waals surface area contributed by atoms with Crippen molar-refractivity contribution in [2.24, 2.45) is 5.73 Å². The van der Waals surface area contributed by atoms with Gasteiger partial charge in [-0.05, 0) is 19.3 Å². The van der Waals surface area contributed by atoms with Crippen LogP contribution in [0.4, 0.5) is 13.6 Å². The monoisotopic (exact) mass is 356 g/mol. The molecule has 1 fully saturated rings. The number of halogens is 3. The number of amides is 3. The fourth-order valence-corrected chi connectivity index (χ4v) is 2.32. The molecule has 9 heteroatoms. The molecule has 0 aromatic heterocycles. The minimum absolute atomic E-state index is 0. The van der Waals surface area contributed by atoms with Crippen molar-refractivity contribution in [1.29, 1.82) is 0 Å². The van der Waals surface area contributed by atoms with E-state index in [1.807, 2.05) is 0 Å². The van der Waals surface area contributed by atoms with Crippen LogP contribution in [0.15, 0.2) is 0 Å². The van der Waals surface area contributed by atoms with Crippen LogP contribution in [0.5, 0.6) is 0 Å². The third-order valence-corrected chi connectivity index (χ3v) is 3.65. The lowest BCUT2D eigenvalue weighted by Crippen LogP contribution is -2.43. The van der Waals surface area contributed by atoms with Crippen molar-refractivity contribution in [2.75, 3.05) is 19.6 Å². The van der Waals surface area contributed by atoms with Gasteiger partial charge in [-0.25, -0.2) is 13.6 Å². The molecule has 0 aromatic carbocycles. The van der Waals surface area contributed by atoms with Crippen LogP contribution in [0.3, 0.4) is 0 Å². The molecule has 0 heterocycles. The van der Waals surface area contributed by atoms with E-state index in [1.54, 1.807) is 0 Å². The van der Waals surface area contributed by atoms with Crippen molar-refractivity contribution < 1.29 is 18.4 Å². The summed E-state index contributed by atoms with van der Waals surface area (Å²) in [6, 6.07) is -0.00230. The number of nitrogens with one attached hydrogen (secondary N) is 3. The maximum atomic E-state index is 12.8. The van der Waals surface area contributed by atoms with E-state index in [0.29, 0.717) is 13.0 Å². The summed E-state index contributed by atoms with van der Waals surface area (Å²) in [5, 5.41) is 7.70. The van der Waals surface area contributed by atoms with Crippen LogP contribution in [0.1, 0.15) is 44.9 Å². The number of alkyl halides is 2. The Hall–Kier alpha value is -1.15. The van der Waals surface area contributed by atoms with E-state index in [4.69, 9.17) is 5.73 Å². The Kier molecular flexibility index (Phi) is 10.8. The summed E-state index contributed by atoms with van der Waals surface area (Å²) in [7, 11) is 0. The summed E-state index contributed by atoms with van der Waals surface area (Å²) in [4.78, 5) is 23.0. The lowest BCUT2D eigenvalue weighted by Gasteiger charge is -2.22. The number of hydrogen-bond acceptors (Lipinski definition) is 3. The first kappa shape index (κ1) is 21.9. The molecular formula is C14H27ClF2N4O2. The van der Waals surface area contributed by atoms with Gasteiger partial charge in [-0.15, -0.1) is 12.4 Å². The largest absolute Gasteiger partial charge is 0.350 e. The molecule has 1 saturated carbocycles. The van der Waals surface area contributed by atoms with Crippen LogP contribution in [-0.2, 0) is 4.79 Å². The number of carbonyl (C=O) groups excluding carboxylic acids is 2. The average molecular weight is 357 g/mol. The molecule has 6 nitrogen and oxygen atoms in total. The van der Waals surface area contributed by atoms with Crippen LogP contribution in [0.25, 0.3) is 0 Å². The van der Waals surface area contributed by atoms with Gasteiger partial charge in [-0.1, -0.05) is 19.3 Å². The molecule has 1 rings (SSSR count). The normalized spacial score (nSPS) is 15.4. The quantitative estimate of drug-likeness (QED) is 0.496. The second kappa shape index (κ2) is 11.4. The van der Waals surface area contributed by atoms with E-state index in [0.717, 1.165) is 25.7 Å². The van der Waals surface area contributed by atoms with Crippen molar-refractivity contribution in [1.82, 2.24) is 16.0 Å². The van der Waals surface area contributed by atoms with Crippen molar-refractivity contribution in [3.8, 4) is 0 Å². The van der Waals surface area contributed by atoms with Gasteiger partial charge in [0.1, 0.15) is 0 Å². The summed E-state index contributed by atoms with van der Waals surface area (Å²) in [6.07, 6.45) is 5.99. The van der Waals surface area contributed by atoms with Crippen molar-refractivity contribution >= 4 is 24.3 Å². The summed E-state index contributed by atoms with van der Waals surface area (Å²) in [5.74, 6) is -3.55. The first-order valence-electron chi connectivity index (χ1n) is 7.82. The van der Waals surface area contributed by atoms with Crippen LogP contribution < -0.4 is 21.7 Å². The lowest BCUT2D eigenvalue weighted by molar-refractivity contribution is -0.122. The van der Waals surface area contributed by atoms with E-state index >= 15 is 0 Å². The fraction of sp³-hybridized carbons (Fsp3) is 0.857. The topological polar surface area (TPSA) is 96.2 Å². The van der Waals surface area contributed by atoms with Gasteiger partial charge in [-0.3, -0.25) is 4.79 Å². The molecule has 0 saturated heterocycles. The second-order valence-electron chi connectivity index (χ2n) is 5.68. The van der Waals surface area contributed by atoms with E-state index in [2.05, 4.69) is 16.0 Å². The number of urea groups is 1. The van der Waals surface area contributed by atoms with Gasteiger partial charge >= 0.3 is 6.03 Å². The number of rotatable bonds is 8. The van der Waals surface area contributed by atoms with Crippen LogP contribution >= 0.6 is 12.4 Å². The van der Waals surface area contributed by atoms with Crippen LogP contribution in [0.2, 0.25) is 0 Å². The van der Waals surface area contributed by atoms with Crippen LogP contribution in [0, 0.1) is 0 Å². The summed E-state index contributed by atoms with van der Waals surface area (Å²) in [5.41, 5.74) is 4.87. The van der Waals surface area contributed by atoms with E-state index < -0.39 is 24.9 Å². The summed E-state index contributed by atoms with van der Waals surface area (Å²) >= 11 is 0. The standard InChI is InChI=1S/C14H26F2N4O2.ClH/c15-14(16,9-17)10-19-12(21)7-4-8-18-13(22)20-11-5-2-1-3-6-11;/h11H,1-10,17H2,(H,19,21)(H2,18,20,22);1H. The molecule has 0 aromatic rings. The maximum absolute atomic E-state index is 12.8. The van der Waals surface area contributed by atoms with E-state index in [1.165, 1.54) is 6.42 Å². The first-order valence-corrected chi connectivity index (χ1v) is 7.82. The lowest BCUT2D eigenvalue weighted by atomic mass is 9.96. The SMILES string of the molecule is Cl.NCC(F)(F)CNC(=O)CCCNC(=O)NC1CCCCC1. The van der Waals surface area contributed by atoms with Gasteiger partial charge in [0.2, 0.25) is 5.91 Å².